The maximum Gasteiger partial charge on any atom is 0.410 e. The molecule has 2 N–H and O–H groups in total. The number of rotatable bonds is 2. The van der Waals surface area contributed by atoms with Crippen molar-refractivity contribution in [1.82, 2.24) is 9.80 Å². The van der Waals surface area contributed by atoms with Crippen molar-refractivity contribution in [3.05, 3.63) is 0 Å². The molecule has 1 heterocycles. The minimum Gasteiger partial charge on any atom is -0.444 e. The van der Waals surface area contributed by atoms with Gasteiger partial charge in [0.25, 0.3) is 0 Å². The number of carbonyl (C=O) groups is 1. The van der Waals surface area contributed by atoms with Crippen molar-refractivity contribution >= 4 is 6.09 Å². The maximum atomic E-state index is 12.9. The molecule has 1 rings (SSSR count). The van der Waals surface area contributed by atoms with Gasteiger partial charge in [-0.05, 0) is 27.2 Å². The fourth-order valence-corrected chi connectivity index (χ4v) is 2.25. The van der Waals surface area contributed by atoms with Crippen molar-refractivity contribution in [2.24, 2.45) is 5.73 Å². The van der Waals surface area contributed by atoms with Crippen LogP contribution in [0.1, 0.15) is 27.2 Å². The number of amides is 1. The second-order valence-corrected chi connectivity index (χ2v) is 6.15. The molecule has 0 aromatic carbocycles. The summed E-state index contributed by atoms with van der Waals surface area (Å²) in [4.78, 5) is 14.7. The molecule has 0 saturated carbocycles. The number of halogens is 3. The van der Waals surface area contributed by atoms with Gasteiger partial charge in [0.1, 0.15) is 11.6 Å². The third kappa shape index (κ3) is 5.70. The SMILES string of the molecule is CC(C)(C)OC(=O)N1CCCN(C(CN)C(F)(F)F)CC1. The summed E-state index contributed by atoms with van der Waals surface area (Å²) in [7, 11) is 0. The first kappa shape index (κ1) is 18.0. The van der Waals surface area contributed by atoms with E-state index in [1.807, 2.05) is 0 Å². The van der Waals surface area contributed by atoms with Crippen LogP contribution in [0.2, 0.25) is 0 Å². The van der Waals surface area contributed by atoms with Gasteiger partial charge in [-0.3, -0.25) is 4.90 Å². The van der Waals surface area contributed by atoms with Crippen LogP contribution in [0.15, 0.2) is 0 Å². The summed E-state index contributed by atoms with van der Waals surface area (Å²) in [6.45, 7) is 5.79. The highest BCUT2D eigenvalue weighted by atomic mass is 19.4. The molecule has 1 amide bonds. The fraction of sp³-hybridized carbons (Fsp3) is 0.923. The third-order valence-corrected chi connectivity index (χ3v) is 3.22. The van der Waals surface area contributed by atoms with Crippen LogP contribution in [0.4, 0.5) is 18.0 Å². The highest BCUT2D eigenvalue weighted by Gasteiger charge is 2.43. The molecule has 1 aliphatic heterocycles. The second kappa shape index (κ2) is 6.83. The van der Waals surface area contributed by atoms with Crippen molar-refractivity contribution in [1.29, 1.82) is 0 Å². The molecule has 0 bridgehead atoms. The number of hydrogen-bond acceptors (Lipinski definition) is 4. The van der Waals surface area contributed by atoms with Gasteiger partial charge in [0.15, 0.2) is 0 Å². The number of nitrogens with zero attached hydrogens (tertiary/aromatic N) is 2. The molecule has 1 saturated heterocycles. The van der Waals surface area contributed by atoms with Crippen molar-refractivity contribution in [3.63, 3.8) is 0 Å². The molecule has 124 valence electrons. The molecule has 1 aliphatic rings. The summed E-state index contributed by atoms with van der Waals surface area (Å²) in [5.41, 5.74) is 4.64. The molecule has 1 unspecified atom stereocenters. The molecule has 21 heavy (non-hydrogen) atoms. The molecule has 8 heteroatoms. The van der Waals surface area contributed by atoms with E-state index in [2.05, 4.69) is 0 Å². The topological polar surface area (TPSA) is 58.8 Å². The Labute approximate surface area is 123 Å². The van der Waals surface area contributed by atoms with Gasteiger partial charge in [-0.25, -0.2) is 4.79 Å². The standard InChI is InChI=1S/C13H24F3N3O2/c1-12(2,3)21-11(20)19-6-4-5-18(7-8-19)10(9-17)13(14,15)16/h10H,4-9,17H2,1-3H3. The Morgan fingerprint density at radius 1 is 1.19 bits per heavy atom. The van der Waals surface area contributed by atoms with Crippen molar-refractivity contribution in [2.75, 3.05) is 32.7 Å². The highest BCUT2D eigenvalue weighted by Crippen LogP contribution is 2.25. The van der Waals surface area contributed by atoms with Crippen molar-refractivity contribution < 1.29 is 22.7 Å². The fourth-order valence-electron chi connectivity index (χ4n) is 2.25. The van der Waals surface area contributed by atoms with Crippen LogP contribution < -0.4 is 5.73 Å². The summed E-state index contributed by atoms with van der Waals surface area (Å²) in [6.07, 6.45) is -4.37. The third-order valence-electron chi connectivity index (χ3n) is 3.22. The minimum atomic E-state index is -4.35. The van der Waals surface area contributed by atoms with Gasteiger partial charge in [-0.1, -0.05) is 0 Å². The summed E-state index contributed by atoms with van der Waals surface area (Å²) in [5.74, 6) is 0. The Bertz CT molecular complexity index is 356. The van der Waals surface area contributed by atoms with Crippen LogP contribution in [-0.4, -0.2) is 66.4 Å². The first-order valence-electron chi connectivity index (χ1n) is 7.03. The van der Waals surface area contributed by atoms with Crippen LogP contribution in [-0.2, 0) is 4.74 Å². The van der Waals surface area contributed by atoms with Crippen LogP contribution >= 0.6 is 0 Å². The summed E-state index contributed by atoms with van der Waals surface area (Å²) < 4.78 is 43.9. The van der Waals surface area contributed by atoms with E-state index >= 15 is 0 Å². The zero-order valence-corrected chi connectivity index (χ0v) is 12.7. The van der Waals surface area contributed by atoms with Crippen LogP contribution in [0.3, 0.4) is 0 Å². The van der Waals surface area contributed by atoms with E-state index in [1.54, 1.807) is 20.8 Å². The zero-order valence-electron chi connectivity index (χ0n) is 12.7. The molecule has 1 atom stereocenters. The van der Waals surface area contributed by atoms with Crippen LogP contribution in [0.5, 0.6) is 0 Å². The molecule has 0 spiro atoms. The largest absolute Gasteiger partial charge is 0.444 e. The Kier molecular flexibility index (Phi) is 5.86. The number of hydrogen-bond donors (Lipinski definition) is 1. The minimum absolute atomic E-state index is 0.140. The first-order chi connectivity index (χ1) is 9.54. The maximum absolute atomic E-state index is 12.9. The Balaban J connectivity index is 2.63. The quantitative estimate of drug-likeness (QED) is 0.845. The molecule has 1 fully saturated rings. The average Bonchev–Trinajstić information content (AvgIpc) is 2.51. The molecule has 0 aromatic rings. The molecular formula is C13H24F3N3O2. The smallest absolute Gasteiger partial charge is 0.410 e. The number of alkyl halides is 3. The summed E-state index contributed by atoms with van der Waals surface area (Å²) in [6, 6.07) is -1.66. The second-order valence-electron chi connectivity index (χ2n) is 6.15. The highest BCUT2D eigenvalue weighted by molar-refractivity contribution is 5.68. The lowest BCUT2D eigenvalue weighted by molar-refractivity contribution is -0.180. The van der Waals surface area contributed by atoms with Gasteiger partial charge in [-0.2, -0.15) is 13.2 Å². The van der Waals surface area contributed by atoms with Crippen molar-refractivity contribution in [3.8, 4) is 0 Å². The molecule has 0 radical (unpaired) electrons. The lowest BCUT2D eigenvalue weighted by Crippen LogP contribution is -2.51. The lowest BCUT2D eigenvalue weighted by Gasteiger charge is -2.31. The van der Waals surface area contributed by atoms with Gasteiger partial charge >= 0.3 is 12.3 Å². The van der Waals surface area contributed by atoms with E-state index in [0.29, 0.717) is 13.0 Å². The number of ether oxygens (including phenoxy) is 1. The van der Waals surface area contributed by atoms with E-state index in [9.17, 15) is 18.0 Å². The van der Waals surface area contributed by atoms with Crippen molar-refractivity contribution in [2.45, 2.75) is 45.0 Å². The normalized spacial score (nSPS) is 20.0. The van der Waals surface area contributed by atoms with E-state index in [0.717, 1.165) is 0 Å². The van der Waals surface area contributed by atoms with Gasteiger partial charge in [0, 0.05) is 32.7 Å². The van der Waals surface area contributed by atoms with Crippen LogP contribution in [0, 0.1) is 0 Å². The van der Waals surface area contributed by atoms with Gasteiger partial charge in [0.2, 0.25) is 0 Å². The predicted octanol–water partition coefficient (Wildman–Crippen LogP) is 1.82. The van der Waals surface area contributed by atoms with Crippen LogP contribution in [0.25, 0.3) is 0 Å². The number of carbonyl (C=O) groups excluding carboxylic acids is 1. The van der Waals surface area contributed by atoms with Gasteiger partial charge in [0.05, 0.1) is 0 Å². The Hall–Kier alpha value is -1.02. The molecule has 0 aliphatic carbocycles. The zero-order chi connectivity index (χ0) is 16.3. The van der Waals surface area contributed by atoms with E-state index in [1.165, 1.54) is 9.80 Å². The monoisotopic (exact) mass is 311 g/mol. The molecular weight excluding hydrogens is 287 g/mol. The van der Waals surface area contributed by atoms with E-state index < -0.39 is 30.5 Å². The summed E-state index contributed by atoms with van der Waals surface area (Å²) >= 11 is 0. The Morgan fingerprint density at radius 3 is 2.29 bits per heavy atom. The molecule has 5 nitrogen and oxygen atoms in total. The first-order valence-corrected chi connectivity index (χ1v) is 7.03. The van der Waals surface area contributed by atoms with Gasteiger partial charge in [-0.15, -0.1) is 0 Å². The molecule has 0 aromatic heterocycles. The van der Waals surface area contributed by atoms with E-state index in [-0.39, 0.29) is 19.6 Å². The number of nitrogens with two attached hydrogens (primary N) is 1. The predicted molar refractivity (Wildman–Crippen MR) is 72.9 cm³/mol. The lowest BCUT2D eigenvalue weighted by atomic mass is 10.2. The average molecular weight is 311 g/mol. The summed E-state index contributed by atoms with van der Waals surface area (Å²) in [5, 5.41) is 0. The van der Waals surface area contributed by atoms with Gasteiger partial charge < -0.3 is 15.4 Å². The Morgan fingerprint density at radius 2 is 1.81 bits per heavy atom. The van der Waals surface area contributed by atoms with E-state index in [4.69, 9.17) is 10.5 Å².